The summed E-state index contributed by atoms with van der Waals surface area (Å²) < 4.78 is 0. The fraction of sp³-hybridized carbons (Fsp3) is 0.375. The molecular formula is C16H17ClN2O2. The number of aromatic nitrogens is 1. The monoisotopic (exact) mass is 304 g/mol. The zero-order chi connectivity index (χ0) is 14.8. The Bertz CT molecular complexity index is 674. The number of rotatable bonds is 3. The van der Waals surface area contributed by atoms with Gasteiger partial charge in [0.2, 0.25) is 0 Å². The van der Waals surface area contributed by atoms with E-state index in [-0.39, 0.29) is 17.9 Å². The molecule has 1 amide bonds. The van der Waals surface area contributed by atoms with Gasteiger partial charge in [0.1, 0.15) is 5.15 Å². The molecule has 2 atom stereocenters. The lowest BCUT2D eigenvalue weighted by atomic mass is 10.0. The molecule has 1 heterocycles. The number of nitrogens with zero attached hydrogens (tertiary/aromatic N) is 1. The molecule has 1 aromatic carbocycles. The van der Waals surface area contributed by atoms with Gasteiger partial charge in [-0.15, -0.1) is 0 Å². The molecule has 1 aliphatic rings. The Balaban J connectivity index is 1.80. The number of aliphatic hydroxyl groups is 1. The minimum absolute atomic E-state index is 0.153. The first-order chi connectivity index (χ1) is 10.2. The van der Waals surface area contributed by atoms with Crippen LogP contribution < -0.4 is 5.32 Å². The lowest BCUT2D eigenvalue weighted by Crippen LogP contribution is -2.32. The van der Waals surface area contributed by atoms with Crippen LogP contribution in [0.4, 0.5) is 0 Å². The molecule has 1 aromatic heterocycles. The number of halogens is 1. The second-order valence-corrected chi connectivity index (χ2v) is 5.83. The van der Waals surface area contributed by atoms with Crippen LogP contribution >= 0.6 is 11.6 Å². The van der Waals surface area contributed by atoms with E-state index in [1.54, 1.807) is 0 Å². The van der Waals surface area contributed by atoms with Gasteiger partial charge in [-0.05, 0) is 18.2 Å². The Kier molecular flexibility index (Phi) is 4.08. The van der Waals surface area contributed by atoms with Gasteiger partial charge in [0.25, 0.3) is 5.91 Å². The molecule has 0 radical (unpaired) electrons. The van der Waals surface area contributed by atoms with Crippen LogP contribution in [0.2, 0.25) is 5.15 Å². The van der Waals surface area contributed by atoms with Crippen LogP contribution in [-0.2, 0) is 0 Å². The third-order valence-electron chi connectivity index (χ3n) is 4.13. The van der Waals surface area contributed by atoms with Crippen molar-refractivity contribution in [1.82, 2.24) is 10.3 Å². The van der Waals surface area contributed by atoms with Gasteiger partial charge < -0.3 is 10.4 Å². The van der Waals surface area contributed by atoms with Crippen molar-refractivity contribution in [3.05, 3.63) is 41.2 Å². The number of carbonyl (C=O) groups excluding carboxylic acids is 1. The average molecular weight is 305 g/mol. The molecule has 1 aliphatic carbocycles. The molecule has 0 spiro atoms. The summed E-state index contributed by atoms with van der Waals surface area (Å²) in [6.07, 6.45) is 4.01. The van der Waals surface area contributed by atoms with Gasteiger partial charge in [0, 0.05) is 24.0 Å². The Hall–Kier alpha value is -1.65. The number of pyridine rings is 1. The van der Waals surface area contributed by atoms with E-state index in [1.165, 1.54) is 6.20 Å². The van der Waals surface area contributed by atoms with Gasteiger partial charge in [-0.2, -0.15) is 0 Å². The highest BCUT2D eigenvalue weighted by Crippen LogP contribution is 2.26. The molecule has 3 rings (SSSR count). The van der Waals surface area contributed by atoms with Crippen molar-refractivity contribution in [2.75, 3.05) is 6.54 Å². The summed E-state index contributed by atoms with van der Waals surface area (Å²) in [7, 11) is 0. The fourth-order valence-electron chi connectivity index (χ4n) is 2.91. The predicted octanol–water partition coefficient (Wildman–Crippen LogP) is 2.78. The number of hydrogen-bond donors (Lipinski definition) is 2. The second-order valence-electron chi connectivity index (χ2n) is 5.48. The maximum atomic E-state index is 12.4. The standard InChI is InChI=1S/C16H17ClN2O2/c17-15-12-6-2-1-5-11(12)13(9-18-15)16(21)19-8-10-4-3-7-14(10)20/h1-2,5-6,9-10,14,20H,3-4,7-8H2,(H,19,21). The third-order valence-corrected chi connectivity index (χ3v) is 4.44. The first-order valence-corrected chi connectivity index (χ1v) is 7.54. The van der Waals surface area contributed by atoms with Crippen molar-refractivity contribution in [2.45, 2.75) is 25.4 Å². The zero-order valence-electron chi connectivity index (χ0n) is 11.6. The number of nitrogens with one attached hydrogen (secondary N) is 1. The van der Waals surface area contributed by atoms with Crippen molar-refractivity contribution >= 4 is 28.3 Å². The smallest absolute Gasteiger partial charge is 0.253 e. The van der Waals surface area contributed by atoms with Crippen molar-refractivity contribution < 1.29 is 9.90 Å². The number of carbonyl (C=O) groups is 1. The number of benzene rings is 1. The number of aliphatic hydroxyl groups excluding tert-OH is 1. The number of fused-ring (bicyclic) bond motifs is 1. The van der Waals surface area contributed by atoms with E-state index in [2.05, 4.69) is 10.3 Å². The molecule has 2 N–H and O–H groups in total. The van der Waals surface area contributed by atoms with Crippen molar-refractivity contribution in [3.63, 3.8) is 0 Å². The highest BCUT2D eigenvalue weighted by atomic mass is 35.5. The van der Waals surface area contributed by atoms with Crippen LogP contribution in [-0.4, -0.2) is 28.6 Å². The first-order valence-electron chi connectivity index (χ1n) is 7.16. The van der Waals surface area contributed by atoms with Crippen LogP contribution in [0.1, 0.15) is 29.6 Å². The average Bonchev–Trinajstić information content (AvgIpc) is 2.91. The molecule has 0 bridgehead atoms. The first kappa shape index (κ1) is 14.3. The van der Waals surface area contributed by atoms with Crippen molar-refractivity contribution in [2.24, 2.45) is 5.92 Å². The van der Waals surface area contributed by atoms with E-state index in [4.69, 9.17) is 11.6 Å². The van der Waals surface area contributed by atoms with E-state index in [0.29, 0.717) is 17.3 Å². The summed E-state index contributed by atoms with van der Waals surface area (Å²) >= 11 is 6.06. The van der Waals surface area contributed by atoms with Gasteiger partial charge in [0.05, 0.1) is 11.7 Å². The maximum absolute atomic E-state index is 12.4. The molecule has 0 saturated heterocycles. The maximum Gasteiger partial charge on any atom is 0.253 e. The van der Waals surface area contributed by atoms with Gasteiger partial charge in [0.15, 0.2) is 0 Å². The Morgan fingerprint density at radius 3 is 2.81 bits per heavy atom. The van der Waals surface area contributed by atoms with Gasteiger partial charge >= 0.3 is 0 Å². The predicted molar refractivity (Wildman–Crippen MR) is 82.4 cm³/mol. The summed E-state index contributed by atoms with van der Waals surface area (Å²) in [6.45, 7) is 0.497. The van der Waals surface area contributed by atoms with Crippen LogP contribution in [0.15, 0.2) is 30.5 Å². The van der Waals surface area contributed by atoms with Crippen molar-refractivity contribution in [3.8, 4) is 0 Å². The molecular weight excluding hydrogens is 288 g/mol. The molecule has 5 heteroatoms. The van der Waals surface area contributed by atoms with Gasteiger partial charge in [-0.3, -0.25) is 4.79 Å². The minimum Gasteiger partial charge on any atom is -0.393 e. The molecule has 4 nitrogen and oxygen atoms in total. The summed E-state index contributed by atoms with van der Waals surface area (Å²) in [6, 6.07) is 7.45. The summed E-state index contributed by atoms with van der Waals surface area (Å²) in [5.41, 5.74) is 0.516. The lowest BCUT2D eigenvalue weighted by Gasteiger charge is -2.15. The zero-order valence-corrected chi connectivity index (χ0v) is 12.3. The summed E-state index contributed by atoms with van der Waals surface area (Å²) in [5, 5.41) is 14.7. The van der Waals surface area contributed by atoms with Crippen LogP contribution in [0.5, 0.6) is 0 Å². The Labute approximate surface area is 128 Å². The lowest BCUT2D eigenvalue weighted by molar-refractivity contribution is 0.0918. The van der Waals surface area contributed by atoms with E-state index in [9.17, 15) is 9.90 Å². The number of hydrogen-bond acceptors (Lipinski definition) is 3. The summed E-state index contributed by atoms with van der Waals surface area (Å²) in [4.78, 5) is 16.4. The van der Waals surface area contributed by atoms with Crippen LogP contribution in [0, 0.1) is 5.92 Å². The summed E-state index contributed by atoms with van der Waals surface area (Å²) in [5.74, 6) is -0.0186. The Morgan fingerprint density at radius 1 is 1.33 bits per heavy atom. The molecule has 2 aromatic rings. The fourth-order valence-corrected chi connectivity index (χ4v) is 3.13. The van der Waals surface area contributed by atoms with E-state index in [0.717, 1.165) is 30.0 Å². The molecule has 0 aliphatic heterocycles. The van der Waals surface area contributed by atoms with E-state index >= 15 is 0 Å². The topological polar surface area (TPSA) is 62.2 Å². The highest BCUT2D eigenvalue weighted by molar-refractivity contribution is 6.34. The minimum atomic E-state index is -0.301. The van der Waals surface area contributed by atoms with E-state index < -0.39 is 0 Å². The van der Waals surface area contributed by atoms with E-state index in [1.807, 2.05) is 24.3 Å². The molecule has 21 heavy (non-hydrogen) atoms. The molecule has 1 saturated carbocycles. The number of amides is 1. The van der Waals surface area contributed by atoms with Crippen LogP contribution in [0.3, 0.4) is 0 Å². The van der Waals surface area contributed by atoms with Crippen LogP contribution in [0.25, 0.3) is 10.8 Å². The highest BCUT2D eigenvalue weighted by Gasteiger charge is 2.25. The second kappa shape index (κ2) is 6.00. The molecule has 2 unspecified atom stereocenters. The SMILES string of the molecule is O=C(NCC1CCCC1O)c1cnc(Cl)c2ccccc12. The van der Waals surface area contributed by atoms with Gasteiger partial charge in [-0.1, -0.05) is 42.3 Å². The quantitative estimate of drug-likeness (QED) is 0.857. The van der Waals surface area contributed by atoms with Gasteiger partial charge in [-0.25, -0.2) is 4.98 Å². The Morgan fingerprint density at radius 2 is 2.10 bits per heavy atom. The molecule has 1 fully saturated rings. The third kappa shape index (κ3) is 2.87. The normalized spacial score (nSPS) is 21.6. The van der Waals surface area contributed by atoms with Crippen molar-refractivity contribution in [1.29, 1.82) is 0 Å². The largest absolute Gasteiger partial charge is 0.393 e. The molecule has 110 valence electrons.